The molecule has 0 saturated carbocycles. The van der Waals surface area contributed by atoms with Crippen molar-refractivity contribution in [3.63, 3.8) is 0 Å². The van der Waals surface area contributed by atoms with Crippen LogP contribution in [0.25, 0.3) is 11.3 Å². The first-order valence-corrected chi connectivity index (χ1v) is 12.7. The molecule has 0 bridgehead atoms. The highest BCUT2D eigenvalue weighted by atomic mass is 35.5. The number of carbonyl (C=O) groups excluding carboxylic acids is 2. The van der Waals surface area contributed by atoms with E-state index in [2.05, 4.69) is 25.8 Å². The number of thiazole rings is 1. The zero-order chi connectivity index (χ0) is 23.9. The van der Waals surface area contributed by atoms with Crippen molar-refractivity contribution < 1.29 is 9.59 Å². The minimum Gasteiger partial charge on any atom is -0.326 e. The minimum absolute atomic E-state index is 0.0923. The summed E-state index contributed by atoms with van der Waals surface area (Å²) in [5.41, 5.74) is 2.42. The van der Waals surface area contributed by atoms with E-state index in [0.29, 0.717) is 27.7 Å². The van der Waals surface area contributed by atoms with Crippen molar-refractivity contribution in [1.29, 1.82) is 0 Å². The van der Waals surface area contributed by atoms with E-state index in [-0.39, 0.29) is 24.0 Å². The number of nitrogens with zero attached hydrogens (tertiary/aromatic N) is 4. The van der Waals surface area contributed by atoms with Crippen LogP contribution in [-0.4, -0.2) is 37.3 Å². The molecule has 174 valence electrons. The molecule has 4 rings (SSSR count). The Labute approximate surface area is 209 Å². The minimum atomic E-state index is -0.198. The number of carbonyl (C=O) groups is 2. The molecular formula is C23H21ClN6O2S2. The summed E-state index contributed by atoms with van der Waals surface area (Å²) in [6.45, 7) is 2.53. The van der Waals surface area contributed by atoms with Gasteiger partial charge in [0.15, 0.2) is 10.3 Å². The summed E-state index contributed by atoms with van der Waals surface area (Å²) in [5.74, 6) is 0.315. The average molecular weight is 513 g/mol. The Morgan fingerprint density at radius 1 is 1.03 bits per heavy atom. The van der Waals surface area contributed by atoms with E-state index in [4.69, 9.17) is 11.6 Å². The number of para-hydroxylation sites is 1. The van der Waals surface area contributed by atoms with Crippen molar-refractivity contribution in [3.05, 3.63) is 70.8 Å². The number of thioether (sulfide) groups is 1. The van der Waals surface area contributed by atoms with Gasteiger partial charge in [0.1, 0.15) is 5.82 Å². The fourth-order valence-corrected chi connectivity index (χ4v) is 4.80. The maximum atomic E-state index is 12.5. The Kier molecular flexibility index (Phi) is 7.94. The molecule has 2 aromatic heterocycles. The lowest BCUT2D eigenvalue weighted by Crippen LogP contribution is -2.18. The normalized spacial score (nSPS) is 10.8. The molecule has 0 saturated heterocycles. The van der Waals surface area contributed by atoms with Crippen LogP contribution in [0.2, 0.25) is 5.02 Å². The second-order valence-corrected chi connectivity index (χ2v) is 9.35. The van der Waals surface area contributed by atoms with E-state index in [1.54, 1.807) is 12.1 Å². The van der Waals surface area contributed by atoms with Crippen LogP contribution < -0.4 is 10.6 Å². The van der Waals surface area contributed by atoms with Crippen LogP contribution in [0.15, 0.2) is 65.1 Å². The van der Waals surface area contributed by atoms with Crippen molar-refractivity contribution in [2.24, 2.45) is 0 Å². The van der Waals surface area contributed by atoms with E-state index in [1.807, 2.05) is 59.3 Å². The number of amides is 2. The van der Waals surface area contributed by atoms with E-state index in [9.17, 15) is 9.59 Å². The second-order valence-electron chi connectivity index (χ2n) is 7.12. The Morgan fingerprint density at radius 2 is 1.79 bits per heavy atom. The van der Waals surface area contributed by atoms with Gasteiger partial charge in [-0.05, 0) is 31.2 Å². The van der Waals surface area contributed by atoms with Crippen LogP contribution in [-0.2, 0) is 22.6 Å². The van der Waals surface area contributed by atoms with Crippen molar-refractivity contribution in [3.8, 4) is 11.3 Å². The Balaban J connectivity index is 1.32. The van der Waals surface area contributed by atoms with Gasteiger partial charge in [-0.25, -0.2) is 4.98 Å². The van der Waals surface area contributed by atoms with Gasteiger partial charge in [0.25, 0.3) is 0 Å². The summed E-state index contributed by atoms with van der Waals surface area (Å²) in [6, 6.07) is 16.6. The highest BCUT2D eigenvalue weighted by molar-refractivity contribution is 7.99. The number of hydrogen-bond donors (Lipinski definition) is 2. The molecule has 34 heavy (non-hydrogen) atoms. The Bertz CT molecular complexity index is 1270. The molecule has 0 radical (unpaired) electrons. The van der Waals surface area contributed by atoms with Crippen molar-refractivity contribution >= 4 is 57.3 Å². The number of hydrogen-bond acceptors (Lipinski definition) is 7. The van der Waals surface area contributed by atoms with Crippen LogP contribution in [0.1, 0.15) is 12.7 Å². The summed E-state index contributed by atoms with van der Waals surface area (Å²) >= 11 is 8.55. The Morgan fingerprint density at radius 3 is 2.53 bits per heavy atom. The largest absolute Gasteiger partial charge is 0.326 e. The molecule has 0 aliphatic heterocycles. The van der Waals surface area contributed by atoms with E-state index in [0.717, 1.165) is 16.9 Å². The van der Waals surface area contributed by atoms with Crippen molar-refractivity contribution in [2.75, 3.05) is 16.4 Å². The van der Waals surface area contributed by atoms with E-state index in [1.165, 1.54) is 23.1 Å². The van der Waals surface area contributed by atoms with Crippen LogP contribution in [0.3, 0.4) is 0 Å². The summed E-state index contributed by atoms with van der Waals surface area (Å²) in [4.78, 5) is 29.3. The maximum absolute atomic E-state index is 12.5. The molecular weight excluding hydrogens is 492 g/mol. The number of halogens is 1. The molecule has 2 amide bonds. The van der Waals surface area contributed by atoms with Crippen molar-refractivity contribution in [1.82, 2.24) is 19.7 Å². The SMILES string of the molecule is CCn1c(CC(=O)Nc2ccccc2)nnc1SCC(=O)Nc1nc(-c2ccc(Cl)cc2)cs1. The number of anilines is 2. The molecule has 2 N–H and O–H groups in total. The molecule has 0 fully saturated rings. The smallest absolute Gasteiger partial charge is 0.236 e. The lowest BCUT2D eigenvalue weighted by Gasteiger charge is -2.08. The lowest BCUT2D eigenvalue weighted by molar-refractivity contribution is -0.116. The van der Waals surface area contributed by atoms with Gasteiger partial charge >= 0.3 is 0 Å². The molecule has 0 spiro atoms. The topological polar surface area (TPSA) is 102 Å². The van der Waals surface area contributed by atoms with Gasteiger partial charge in [0.05, 0.1) is 17.9 Å². The third-order valence-corrected chi connectivity index (χ3v) is 6.69. The first-order valence-electron chi connectivity index (χ1n) is 10.4. The predicted octanol–water partition coefficient (Wildman–Crippen LogP) is 4.99. The molecule has 0 aliphatic carbocycles. The number of benzene rings is 2. The van der Waals surface area contributed by atoms with Gasteiger partial charge in [0.2, 0.25) is 11.8 Å². The van der Waals surface area contributed by atoms with Gasteiger partial charge in [-0.15, -0.1) is 21.5 Å². The summed E-state index contributed by atoms with van der Waals surface area (Å²) < 4.78 is 1.84. The average Bonchev–Trinajstić information content (AvgIpc) is 3.45. The van der Waals surface area contributed by atoms with Gasteiger partial charge in [-0.2, -0.15) is 0 Å². The fourth-order valence-electron chi connectivity index (χ4n) is 3.11. The third kappa shape index (κ3) is 6.22. The molecule has 2 aromatic carbocycles. The molecule has 0 unspecified atom stereocenters. The summed E-state index contributed by atoms with van der Waals surface area (Å²) in [6.07, 6.45) is 0.0923. The molecule has 4 aromatic rings. The number of nitrogens with one attached hydrogen (secondary N) is 2. The molecule has 2 heterocycles. The van der Waals surface area contributed by atoms with Gasteiger partial charge < -0.3 is 15.2 Å². The first-order chi connectivity index (χ1) is 16.5. The zero-order valence-corrected chi connectivity index (χ0v) is 20.6. The zero-order valence-electron chi connectivity index (χ0n) is 18.2. The summed E-state index contributed by atoms with van der Waals surface area (Å²) in [7, 11) is 0. The lowest BCUT2D eigenvalue weighted by atomic mass is 10.2. The van der Waals surface area contributed by atoms with Crippen molar-refractivity contribution in [2.45, 2.75) is 25.0 Å². The first kappa shape index (κ1) is 23.9. The van der Waals surface area contributed by atoms with Crippen LogP contribution in [0.5, 0.6) is 0 Å². The van der Waals surface area contributed by atoms with Gasteiger partial charge in [-0.3, -0.25) is 9.59 Å². The van der Waals surface area contributed by atoms with Gasteiger partial charge in [0, 0.05) is 28.2 Å². The molecule has 8 nitrogen and oxygen atoms in total. The highest BCUT2D eigenvalue weighted by Gasteiger charge is 2.16. The molecule has 11 heteroatoms. The fraction of sp³-hybridized carbons (Fsp3) is 0.174. The second kappa shape index (κ2) is 11.3. The maximum Gasteiger partial charge on any atom is 0.236 e. The predicted molar refractivity (Wildman–Crippen MR) is 136 cm³/mol. The highest BCUT2D eigenvalue weighted by Crippen LogP contribution is 2.26. The monoisotopic (exact) mass is 512 g/mol. The molecule has 0 aliphatic rings. The standard InChI is InChI=1S/C23H21ClN6O2S2/c1-2-30-19(12-20(31)25-17-6-4-3-5-7-17)28-29-23(30)34-14-21(32)27-22-26-18(13-33-22)15-8-10-16(24)11-9-15/h3-11,13H,2,12,14H2,1H3,(H,25,31)(H,26,27,32). The third-order valence-electron chi connectivity index (χ3n) is 4.71. The van der Waals surface area contributed by atoms with Gasteiger partial charge in [-0.1, -0.05) is 53.7 Å². The van der Waals surface area contributed by atoms with E-state index >= 15 is 0 Å². The Hall–Kier alpha value is -3.21. The quantitative estimate of drug-likeness (QED) is 0.306. The van der Waals surface area contributed by atoms with E-state index < -0.39 is 0 Å². The van der Waals surface area contributed by atoms with Crippen LogP contribution >= 0.6 is 34.7 Å². The van der Waals surface area contributed by atoms with Crippen LogP contribution in [0.4, 0.5) is 10.8 Å². The van der Waals surface area contributed by atoms with Crippen LogP contribution in [0, 0.1) is 0 Å². The summed E-state index contributed by atoms with van der Waals surface area (Å²) in [5, 5.41) is 17.6. The number of rotatable bonds is 9. The number of aromatic nitrogens is 4. The molecule has 0 atom stereocenters.